The molecule has 29 heavy (non-hydrogen) atoms. The van der Waals surface area contributed by atoms with Gasteiger partial charge in [-0.15, -0.1) is 0 Å². The van der Waals surface area contributed by atoms with Gasteiger partial charge in [-0.3, -0.25) is 14.4 Å². The summed E-state index contributed by atoms with van der Waals surface area (Å²) in [5.41, 5.74) is 0.919. The Morgan fingerprint density at radius 1 is 1.21 bits per heavy atom. The first-order chi connectivity index (χ1) is 14.0. The maximum Gasteiger partial charge on any atom is 0.313 e. The summed E-state index contributed by atoms with van der Waals surface area (Å²) in [6, 6.07) is 7.97. The van der Waals surface area contributed by atoms with Crippen molar-refractivity contribution < 1.29 is 18.8 Å². The van der Waals surface area contributed by atoms with Gasteiger partial charge in [0, 0.05) is 24.7 Å². The van der Waals surface area contributed by atoms with Crippen molar-refractivity contribution in [3.05, 3.63) is 52.9 Å². The van der Waals surface area contributed by atoms with Crippen molar-refractivity contribution >= 4 is 35.0 Å². The molecule has 150 valence electrons. The van der Waals surface area contributed by atoms with Gasteiger partial charge in [0.05, 0.1) is 23.1 Å². The van der Waals surface area contributed by atoms with E-state index in [1.165, 1.54) is 30.7 Å². The van der Waals surface area contributed by atoms with E-state index in [0.717, 1.165) is 12.8 Å². The minimum absolute atomic E-state index is 0.0737. The number of nitriles is 1. The van der Waals surface area contributed by atoms with Crippen LogP contribution in [0.5, 0.6) is 0 Å². The quantitative estimate of drug-likeness (QED) is 0.745. The van der Waals surface area contributed by atoms with Crippen molar-refractivity contribution in [2.45, 2.75) is 12.8 Å². The van der Waals surface area contributed by atoms with Crippen LogP contribution in [0.3, 0.4) is 0 Å². The van der Waals surface area contributed by atoms with E-state index in [1.807, 2.05) is 6.07 Å². The van der Waals surface area contributed by atoms with E-state index in [9.17, 15) is 14.4 Å². The molecule has 9 heteroatoms. The predicted molar refractivity (Wildman–Crippen MR) is 105 cm³/mol. The van der Waals surface area contributed by atoms with E-state index in [4.69, 9.17) is 21.3 Å². The molecule has 0 saturated carbocycles. The predicted octanol–water partition coefficient (Wildman–Crippen LogP) is 2.41. The van der Waals surface area contributed by atoms with Gasteiger partial charge in [0.2, 0.25) is 0 Å². The van der Waals surface area contributed by atoms with Gasteiger partial charge in [-0.1, -0.05) is 11.6 Å². The van der Waals surface area contributed by atoms with Crippen molar-refractivity contribution in [3.63, 3.8) is 0 Å². The summed E-state index contributed by atoms with van der Waals surface area (Å²) >= 11 is 5.87. The van der Waals surface area contributed by atoms with Crippen LogP contribution in [0.1, 0.15) is 28.8 Å². The number of carbonyl (C=O) groups excluding carboxylic acids is 3. The number of piperidine rings is 1. The lowest BCUT2D eigenvalue weighted by Crippen LogP contribution is -2.43. The highest BCUT2D eigenvalue weighted by atomic mass is 35.5. The number of hydrogen-bond acceptors (Lipinski definition) is 5. The zero-order valence-electron chi connectivity index (χ0n) is 15.5. The minimum Gasteiger partial charge on any atom is -0.472 e. The van der Waals surface area contributed by atoms with Gasteiger partial charge < -0.3 is 20.0 Å². The van der Waals surface area contributed by atoms with E-state index in [-0.39, 0.29) is 23.1 Å². The van der Waals surface area contributed by atoms with Gasteiger partial charge in [0.15, 0.2) is 0 Å². The maximum atomic E-state index is 12.3. The number of nitrogens with zero attached hydrogens (tertiary/aromatic N) is 2. The lowest BCUT2D eigenvalue weighted by molar-refractivity contribution is -0.136. The summed E-state index contributed by atoms with van der Waals surface area (Å²) in [7, 11) is 0. The molecule has 0 radical (unpaired) electrons. The molecule has 1 saturated heterocycles. The Balaban J connectivity index is 1.45. The first-order valence-corrected chi connectivity index (χ1v) is 9.46. The first-order valence-electron chi connectivity index (χ1n) is 9.08. The maximum absolute atomic E-state index is 12.3. The molecule has 1 aliphatic rings. The van der Waals surface area contributed by atoms with Crippen LogP contribution in [-0.4, -0.2) is 42.3 Å². The van der Waals surface area contributed by atoms with Crippen molar-refractivity contribution in [2.24, 2.45) is 5.92 Å². The number of amides is 3. The molecule has 2 N–H and O–H groups in total. The highest BCUT2D eigenvalue weighted by Gasteiger charge is 2.25. The lowest BCUT2D eigenvalue weighted by atomic mass is 9.96. The van der Waals surface area contributed by atoms with Gasteiger partial charge in [0.1, 0.15) is 12.3 Å². The van der Waals surface area contributed by atoms with E-state index >= 15 is 0 Å². The average Bonchev–Trinajstić information content (AvgIpc) is 3.27. The van der Waals surface area contributed by atoms with E-state index in [0.29, 0.717) is 30.2 Å². The standard InChI is InChI=1S/C20H19ClN4O4/c21-16-2-1-14(10-22)17(9-16)24-19(27)18(26)23-11-13-3-6-25(7-4-13)20(28)15-5-8-29-12-15/h1-2,5,8-9,12-13H,3-4,6-7,11H2,(H,23,26)(H,24,27). The third-order valence-corrected chi connectivity index (χ3v) is 5.01. The topological polar surface area (TPSA) is 115 Å². The van der Waals surface area contributed by atoms with E-state index in [1.54, 1.807) is 11.0 Å². The van der Waals surface area contributed by atoms with Crippen LogP contribution >= 0.6 is 11.6 Å². The summed E-state index contributed by atoms with van der Waals surface area (Å²) in [6.45, 7) is 1.48. The van der Waals surface area contributed by atoms with E-state index in [2.05, 4.69) is 10.6 Å². The summed E-state index contributed by atoms with van der Waals surface area (Å²) in [6.07, 6.45) is 4.32. The molecule has 3 rings (SSSR count). The second kappa shape index (κ2) is 9.26. The molecule has 0 unspecified atom stereocenters. The van der Waals surface area contributed by atoms with Crippen LogP contribution in [0.2, 0.25) is 5.02 Å². The first kappa shape index (κ1) is 20.4. The number of hydrogen-bond donors (Lipinski definition) is 2. The number of carbonyl (C=O) groups is 3. The fourth-order valence-electron chi connectivity index (χ4n) is 3.12. The van der Waals surface area contributed by atoms with Crippen LogP contribution in [-0.2, 0) is 9.59 Å². The second-order valence-corrected chi connectivity index (χ2v) is 7.15. The molecular weight excluding hydrogens is 396 g/mol. The Hall–Kier alpha value is -3.31. The van der Waals surface area contributed by atoms with Gasteiger partial charge in [0.25, 0.3) is 5.91 Å². The molecule has 0 aliphatic carbocycles. The normalized spacial score (nSPS) is 14.1. The van der Waals surface area contributed by atoms with E-state index < -0.39 is 11.8 Å². The van der Waals surface area contributed by atoms with Crippen LogP contribution in [0, 0.1) is 17.2 Å². The van der Waals surface area contributed by atoms with Gasteiger partial charge in [-0.05, 0) is 43.0 Å². The summed E-state index contributed by atoms with van der Waals surface area (Å²) in [5.74, 6) is -1.56. The van der Waals surface area contributed by atoms with Crippen LogP contribution in [0.4, 0.5) is 5.69 Å². The minimum atomic E-state index is -0.865. The summed E-state index contributed by atoms with van der Waals surface area (Å²) < 4.78 is 4.94. The number of furan rings is 1. The monoisotopic (exact) mass is 414 g/mol. The molecule has 3 amide bonds. The molecular formula is C20H19ClN4O4. The zero-order chi connectivity index (χ0) is 20.8. The largest absolute Gasteiger partial charge is 0.472 e. The smallest absolute Gasteiger partial charge is 0.313 e. The molecule has 1 aliphatic heterocycles. The Morgan fingerprint density at radius 2 is 1.97 bits per heavy atom. The highest BCUT2D eigenvalue weighted by molar-refractivity contribution is 6.40. The van der Waals surface area contributed by atoms with Crippen LogP contribution < -0.4 is 10.6 Å². The number of likely N-dealkylation sites (tertiary alicyclic amines) is 1. The zero-order valence-corrected chi connectivity index (χ0v) is 16.2. The number of nitrogens with one attached hydrogen (secondary N) is 2. The number of benzene rings is 1. The van der Waals surface area contributed by atoms with Crippen LogP contribution in [0.15, 0.2) is 41.2 Å². The molecule has 0 atom stereocenters. The average molecular weight is 415 g/mol. The fraction of sp³-hybridized carbons (Fsp3) is 0.300. The highest BCUT2D eigenvalue weighted by Crippen LogP contribution is 2.21. The third kappa shape index (κ3) is 5.15. The SMILES string of the molecule is N#Cc1ccc(Cl)cc1NC(=O)C(=O)NCC1CCN(C(=O)c2ccoc2)CC1. The lowest BCUT2D eigenvalue weighted by Gasteiger charge is -2.31. The molecule has 1 aromatic carbocycles. The van der Waals surface area contributed by atoms with Crippen molar-refractivity contribution in [1.82, 2.24) is 10.2 Å². The Labute approximate surface area is 172 Å². The summed E-state index contributed by atoms with van der Waals surface area (Å²) in [4.78, 5) is 38.2. The van der Waals surface area contributed by atoms with Crippen molar-refractivity contribution in [3.8, 4) is 6.07 Å². The Morgan fingerprint density at radius 3 is 2.62 bits per heavy atom. The van der Waals surface area contributed by atoms with Gasteiger partial charge in [-0.25, -0.2) is 0 Å². The molecule has 2 aromatic rings. The number of rotatable bonds is 4. The van der Waals surface area contributed by atoms with Gasteiger partial charge in [-0.2, -0.15) is 5.26 Å². The molecule has 2 heterocycles. The molecule has 0 bridgehead atoms. The molecule has 0 spiro atoms. The molecule has 1 fully saturated rings. The van der Waals surface area contributed by atoms with Gasteiger partial charge >= 0.3 is 11.8 Å². The second-order valence-electron chi connectivity index (χ2n) is 6.71. The fourth-order valence-corrected chi connectivity index (χ4v) is 3.29. The number of halogens is 1. The third-order valence-electron chi connectivity index (χ3n) is 4.78. The van der Waals surface area contributed by atoms with Crippen LogP contribution in [0.25, 0.3) is 0 Å². The number of anilines is 1. The molecule has 8 nitrogen and oxygen atoms in total. The molecule has 1 aromatic heterocycles. The van der Waals surface area contributed by atoms with Crippen molar-refractivity contribution in [2.75, 3.05) is 25.0 Å². The Kier molecular flexibility index (Phi) is 6.52. The Bertz CT molecular complexity index is 944. The van der Waals surface area contributed by atoms with Crippen molar-refractivity contribution in [1.29, 1.82) is 5.26 Å². The summed E-state index contributed by atoms with van der Waals surface area (Å²) in [5, 5.41) is 14.4.